The van der Waals surface area contributed by atoms with Crippen LogP contribution >= 0.6 is 15.9 Å². The van der Waals surface area contributed by atoms with E-state index in [1.807, 2.05) is 35.1 Å². The lowest BCUT2D eigenvalue weighted by Gasteiger charge is -2.09. The Labute approximate surface area is 169 Å². The number of aromatic nitrogens is 2. The van der Waals surface area contributed by atoms with Crippen molar-refractivity contribution in [2.45, 2.75) is 13.0 Å². The van der Waals surface area contributed by atoms with Crippen LogP contribution in [0.4, 0.5) is 17.1 Å². The molecule has 3 rings (SSSR count). The number of nitrogens with zero attached hydrogens (tertiary/aromatic N) is 3. The van der Waals surface area contributed by atoms with Crippen molar-refractivity contribution in [1.29, 1.82) is 0 Å². The summed E-state index contributed by atoms with van der Waals surface area (Å²) in [5.41, 5.74) is 2.25. The predicted octanol–water partition coefficient (Wildman–Crippen LogP) is 3.90. The van der Waals surface area contributed by atoms with Crippen molar-refractivity contribution in [2.24, 2.45) is 0 Å². The van der Waals surface area contributed by atoms with Crippen molar-refractivity contribution in [2.75, 3.05) is 12.4 Å². The average Bonchev–Trinajstić information content (AvgIpc) is 3.12. The minimum Gasteiger partial charge on any atom is -0.355 e. The van der Waals surface area contributed by atoms with E-state index in [0.29, 0.717) is 5.69 Å². The molecule has 0 aliphatic carbocycles. The summed E-state index contributed by atoms with van der Waals surface area (Å²) < 4.78 is 2.80. The number of nitro benzene ring substituents is 1. The number of benzene rings is 2. The number of carbonyl (C=O) groups is 1. The van der Waals surface area contributed by atoms with Gasteiger partial charge in [-0.2, -0.15) is 5.10 Å². The molecule has 28 heavy (non-hydrogen) atoms. The largest absolute Gasteiger partial charge is 0.355 e. The van der Waals surface area contributed by atoms with Gasteiger partial charge in [0.2, 0.25) is 0 Å². The van der Waals surface area contributed by atoms with E-state index < -0.39 is 4.92 Å². The van der Waals surface area contributed by atoms with Crippen molar-refractivity contribution in [3.8, 4) is 0 Å². The quantitative estimate of drug-likeness (QED) is 0.425. The summed E-state index contributed by atoms with van der Waals surface area (Å²) in [4.78, 5) is 22.6. The summed E-state index contributed by atoms with van der Waals surface area (Å²) >= 11 is 3.37. The number of amides is 1. The zero-order chi connectivity index (χ0) is 20.1. The van der Waals surface area contributed by atoms with E-state index in [9.17, 15) is 14.9 Å². The van der Waals surface area contributed by atoms with Gasteiger partial charge in [0.05, 0.1) is 15.6 Å². The molecule has 0 unspecified atom stereocenters. The Kier molecular flexibility index (Phi) is 6.05. The molecule has 0 bridgehead atoms. The molecule has 0 aliphatic heterocycles. The molecule has 8 nitrogen and oxygen atoms in total. The van der Waals surface area contributed by atoms with E-state index in [2.05, 4.69) is 31.7 Å². The molecule has 0 saturated heterocycles. The Hall–Kier alpha value is -3.20. The molecule has 0 aliphatic rings. The minimum absolute atomic E-state index is 0.158. The first-order valence-corrected chi connectivity index (χ1v) is 9.30. The Bertz CT molecular complexity index is 1000. The van der Waals surface area contributed by atoms with Gasteiger partial charge in [-0.25, -0.2) is 0 Å². The smallest absolute Gasteiger partial charge is 0.293 e. The topological polar surface area (TPSA) is 102 Å². The summed E-state index contributed by atoms with van der Waals surface area (Å²) in [7, 11) is 1.48. The number of hydrogen-bond donors (Lipinski definition) is 2. The Morgan fingerprint density at radius 2 is 2.00 bits per heavy atom. The van der Waals surface area contributed by atoms with Crippen LogP contribution in [0.15, 0.2) is 59.3 Å². The third-order valence-electron chi connectivity index (χ3n) is 4.15. The molecule has 3 aromatic rings. The van der Waals surface area contributed by atoms with Crippen LogP contribution in [0.3, 0.4) is 0 Å². The van der Waals surface area contributed by atoms with Gasteiger partial charge in [0.25, 0.3) is 11.6 Å². The molecule has 1 amide bonds. The standard InChI is InChI=1S/C19H18BrN5O3/c1-21-19(26)14-4-7-17(18(10-14)25(27)28)23-16-5-2-13(3-6-16)8-9-24-12-15(20)11-22-24/h2-7,10-12,23H,8-9H2,1H3,(H,21,26). The number of carbonyl (C=O) groups excluding carboxylic acids is 1. The first-order chi connectivity index (χ1) is 13.5. The second-order valence-electron chi connectivity index (χ2n) is 6.06. The number of halogens is 1. The zero-order valence-corrected chi connectivity index (χ0v) is 16.6. The average molecular weight is 444 g/mol. The Balaban J connectivity index is 1.71. The third-order valence-corrected chi connectivity index (χ3v) is 4.56. The zero-order valence-electron chi connectivity index (χ0n) is 15.1. The number of hydrogen-bond acceptors (Lipinski definition) is 5. The van der Waals surface area contributed by atoms with Crippen LogP contribution in [0.2, 0.25) is 0 Å². The van der Waals surface area contributed by atoms with Crippen LogP contribution < -0.4 is 10.6 Å². The number of rotatable bonds is 7. The fraction of sp³-hybridized carbons (Fsp3) is 0.158. The van der Waals surface area contributed by atoms with Gasteiger partial charge in [0.15, 0.2) is 0 Å². The number of nitro groups is 1. The van der Waals surface area contributed by atoms with Crippen LogP contribution in [-0.4, -0.2) is 27.7 Å². The number of nitrogens with one attached hydrogen (secondary N) is 2. The van der Waals surface area contributed by atoms with Gasteiger partial charge in [-0.15, -0.1) is 0 Å². The van der Waals surface area contributed by atoms with E-state index in [0.717, 1.165) is 28.7 Å². The normalized spacial score (nSPS) is 10.5. The van der Waals surface area contributed by atoms with Gasteiger partial charge in [0, 0.05) is 37.1 Å². The predicted molar refractivity (Wildman–Crippen MR) is 110 cm³/mol. The second kappa shape index (κ2) is 8.66. The molecule has 9 heteroatoms. The lowest BCUT2D eigenvalue weighted by Crippen LogP contribution is -2.17. The van der Waals surface area contributed by atoms with Gasteiger partial charge in [0.1, 0.15) is 5.69 Å². The van der Waals surface area contributed by atoms with Crippen LogP contribution in [-0.2, 0) is 13.0 Å². The maximum Gasteiger partial charge on any atom is 0.293 e. The summed E-state index contributed by atoms with van der Waals surface area (Å²) in [6, 6.07) is 12.0. The highest BCUT2D eigenvalue weighted by Gasteiger charge is 2.17. The van der Waals surface area contributed by atoms with Crippen molar-refractivity contribution in [3.63, 3.8) is 0 Å². The van der Waals surface area contributed by atoms with Crippen molar-refractivity contribution < 1.29 is 9.72 Å². The minimum atomic E-state index is -0.509. The first-order valence-electron chi connectivity index (χ1n) is 8.50. The Morgan fingerprint density at radius 1 is 1.25 bits per heavy atom. The summed E-state index contributed by atoms with van der Waals surface area (Å²) in [6.07, 6.45) is 4.47. The molecular weight excluding hydrogens is 426 g/mol. The molecule has 144 valence electrons. The van der Waals surface area contributed by atoms with Crippen molar-refractivity contribution in [3.05, 3.63) is 80.6 Å². The van der Waals surface area contributed by atoms with Crippen LogP contribution in [0.25, 0.3) is 0 Å². The molecule has 1 heterocycles. The van der Waals surface area contributed by atoms with E-state index in [1.165, 1.54) is 19.2 Å². The lowest BCUT2D eigenvalue weighted by molar-refractivity contribution is -0.383. The number of anilines is 2. The lowest BCUT2D eigenvalue weighted by atomic mass is 10.1. The van der Waals surface area contributed by atoms with Crippen molar-refractivity contribution in [1.82, 2.24) is 15.1 Å². The van der Waals surface area contributed by atoms with Gasteiger partial charge >= 0.3 is 0 Å². The SMILES string of the molecule is CNC(=O)c1ccc(Nc2ccc(CCn3cc(Br)cn3)cc2)c([N+](=O)[O-])c1. The molecule has 2 aromatic carbocycles. The van der Waals surface area contributed by atoms with Crippen LogP contribution in [0.5, 0.6) is 0 Å². The van der Waals surface area contributed by atoms with Gasteiger partial charge in [-0.1, -0.05) is 12.1 Å². The highest BCUT2D eigenvalue weighted by molar-refractivity contribution is 9.10. The maximum absolute atomic E-state index is 11.7. The van der Waals surface area contributed by atoms with Gasteiger partial charge < -0.3 is 10.6 Å². The van der Waals surface area contributed by atoms with Crippen LogP contribution in [0, 0.1) is 10.1 Å². The van der Waals surface area contributed by atoms with Gasteiger partial charge in [-0.05, 0) is 52.2 Å². The maximum atomic E-state index is 11.7. The second-order valence-corrected chi connectivity index (χ2v) is 6.98. The highest BCUT2D eigenvalue weighted by atomic mass is 79.9. The first kappa shape index (κ1) is 19.6. The third kappa shape index (κ3) is 4.74. The molecule has 0 atom stereocenters. The summed E-state index contributed by atoms with van der Waals surface area (Å²) in [5, 5.41) is 21.1. The van der Waals surface area contributed by atoms with Crippen molar-refractivity contribution >= 4 is 38.9 Å². The number of aryl methyl sites for hydroxylation is 2. The molecule has 2 N–H and O–H groups in total. The summed E-state index contributed by atoms with van der Waals surface area (Å²) in [5.74, 6) is -0.372. The molecule has 0 fully saturated rings. The van der Waals surface area contributed by atoms with Crippen LogP contribution in [0.1, 0.15) is 15.9 Å². The molecule has 0 radical (unpaired) electrons. The van der Waals surface area contributed by atoms with E-state index in [4.69, 9.17) is 0 Å². The van der Waals surface area contributed by atoms with E-state index in [1.54, 1.807) is 12.3 Å². The fourth-order valence-corrected chi connectivity index (χ4v) is 3.02. The molecule has 0 saturated carbocycles. The van der Waals surface area contributed by atoms with E-state index >= 15 is 0 Å². The van der Waals surface area contributed by atoms with Gasteiger partial charge in [-0.3, -0.25) is 19.6 Å². The molecular formula is C19H18BrN5O3. The molecule has 0 spiro atoms. The highest BCUT2D eigenvalue weighted by Crippen LogP contribution is 2.29. The van der Waals surface area contributed by atoms with E-state index in [-0.39, 0.29) is 17.2 Å². The Morgan fingerprint density at radius 3 is 2.61 bits per heavy atom. The fourth-order valence-electron chi connectivity index (χ4n) is 2.69. The monoisotopic (exact) mass is 443 g/mol. The summed E-state index contributed by atoms with van der Waals surface area (Å²) in [6.45, 7) is 0.755. The molecule has 1 aromatic heterocycles.